The van der Waals surface area contributed by atoms with E-state index >= 15 is 0 Å². The van der Waals surface area contributed by atoms with Crippen LogP contribution in [-0.4, -0.2) is 25.4 Å². The monoisotopic (exact) mass is 316 g/mol. The zero-order valence-corrected chi connectivity index (χ0v) is 13.2. The highest BCUT2D eigenvalue weighted by atomic mass is 15.4. The van der Waals surface area contributed by atoms with Crippen LogP contribution in [0.2, 0.25) is 0 Å². The average Bonchev–Trinajstić information content (AvgIpc) is 3.16. The first-order valence-electron chi connectivity index (χ1n) is 7.59. The van der Waals surface area contributed by atoms with E-state index < -0.39 is 0 Å². The maximum absolute atomic E-state index is 5.77. The second kappa shape index (κ2) is 5.66. The van der Waals surface area contributed by atoms with E-state index in [0.29, 0.717) is 5.95 Å². The molecule has 2 aromatic carbocycles. The molecule has 0 aliphatic rings. The van der Waals surface area contributed by atoms with Crippen LogP contribution < -0.4 is 5.73 Å². The van der Waals surface area contributed by atoms with Crippen molar-refractivity contribution in [2.45, 2.75) is 6.92 Å². The number of benzene rings is 2. The van der Waals surface area contributed by atoms with Crippen molar-refractivity contribution in [3.05, 3.63) is 72.3 Å². The van der Waals surface area contributed by atoms with Crippen LogP contribution in [0.5, 0.6) is 0 Å². The number of imidazole rings is 2. The summed E-state index contributed by atoms with van der Waals surface area (Å²) in [6.07, 6.45) is 5.38. The molecule has 0 spiro atoms. The van der Waals surface area contributed by atoms with Gasteiger partial charge < -0.3 is 5.73 Å². The smallest absolute Gasteiger partial charge is 0.221 e. The minimum atomic E-state index is 0.380. The molecule has 0 aliphatic carbocycles. The summed E-state index contributed by atoms with van der Waals surface area (Å²) in [5.74, 6) is 0.380. The van der Waals surface area contributed by atoms with E-state index in [2.05, 4.69) is 25.7 Å². The molecule has 4 aromatic rings. The van der Waals surface area contributed by atoms with Gasteiger partial charge in [-0.05, 0) is 36.8 Å². The van der Waals surface area contributed by atoms with Crippen LogP contribution in [0, 0.1) is 6.92 Å². The Labute approximate surface area is 138 Å². The van der Waals surface area contributed by atoms with Crippen molar-refractivity contribution in [3.63, 3.8) is 0 Å². The van der Waals surface area contributed by atoms with Crippen molar-refractivity contribution < 1.29 is 0 Å². The second-order valence-corrected chi connectivity index (χ2v) is 5.52. The zero-order valence-electron chi connectivity index (χ0n) is 13.2. The van der Waals surface area contributed by atoms with E-state index in [1.807, 2.05) is 55.7 Å². The highest BCUT2D eigenvalue weighted by molar-refractivity contribution is 5.81. The first-order valence-corrected chi connectivity index (χ1v) is 7.59. The predicted molar refractivity (Wildman–Crippen MR) is 95.4 cm³/mol. The summed E-state index contributed by atoms with van der Waals surface area (Å²) in [5, 5.41) is 4.32. The molecule has 0 unspecified atom stereocenters. The van der Waals surface area contributed by atoms with Crippen LogP contribution >= 0.6 is 0 Å². The Morgan fingerprint density at radius 3 is 2.62 bits per heavy atom. The van der Waals surface area contributed by atoms with Gasteiger partial charge in [0.1, 0.15) is 6.33 Å². The van der Waals surface area contributed by atoms with Gasteiger partial charge in [-0.15, -0.1) is 0 Å². The summed E-state index contributed by atoms with van der Waals surface area (Å²) in [7, 11) is 0. The number of hydrogen-bond donors (Lipinski definition) is 1. The Morgan fingerprint density at radius 2 is 1.88 bits per heavy atom. The van der Waals surface area contributed by atoms with E-state index in [9.17, 15) is 0 Å². The highest BCUT2D eigenvalue weighted by Gasteiger charge is 2.03. The van der Waals surface area contributed by atoms with Gasteiger partial charge in [0.05, 0.1) is 29.1 Å². The molecule has 0 amide bonds. The third kappa shape index (κ3) is 2.54. The maximum Gasteiger partial charge on any atom is 0.221 e. The molecule has 0 aliphatic heterocycles. The Morgan fingerprint density at radius 1 is 1.08 bits per heavy atom. The van der Waals surface area contributed by atoms with E-state index in [1.165, 1.54) is 0 Å². The fraction of sp³-hybridized carbons (Fsp3) is 0.0556. The van der Waals surface area contributed by atoms with E-state index in [1.54, 1.807) is 17.1 Å². The zero-order chi connectivity index (χ0) is 16.5. The summed E-state index contributed by atoms with van der Waals surface area (Å²) in [6.45, 7) is 1.88. The van der Waals surface area contributed by atoms with Gasteiger partial charge in [0.25, 0.3) is 0 Å². The third-order valence-electron chi connectivity index (χ3n) is 3.79. The quantitative estimate of drug-likeness (QED) is 0.590. The van der Waals surface area contributed by atoms with Crippen LogP contribution in [0.4, 0.5) is 5.95 Å². The predicted octanol–water partition coefficient (Wildman–Crippen LogP) is 2.99. The van der Waals surface area contributed by atoms with Gasteiger partial charge in [0, 0.05) is 5.69 Å². The number of aryl methyl sites for hydroxylation is 1. The Bertz CT molecular complexity index is 1020. The average molecular weight is 316 g/mol. The van der Waals surface area contributed by atoms with Gasteiger partial charge >= 0.3 is 0 Å². The standard InChI is InChI=1S/C18H16N6/c1-13-11-24(18(19)22-13)21-10-14-6-8-15(9-7-14)23-12-20-16-4-2-3-5-17(16)23/h2-12H,1H3,(H2,19,22). The highest BCUT2D eigenvalue weighted by Crippen LogP contribution is 2.18. The minimum absolute atomic E-state index is 0.380. The molecular formula is C18H16N6. The van der Waals surface area contributed by atoms with Crippen molar-refractivity contribution in [3.8, 4) is 5.69 Å². The molecule has 24 heavy (non-hydrogen) atoms. The van der Waals surface area contributed by atoms with Crippen LogP contribution in [0.1, 0.15) is 11.3 Å². The molecule has 6 heteroatoms. The Kier molecular flexibility index (Phi) is 3.35. The van der Waals surface area contributed by atoms with Crippen molar-refractivity contribution in [1.82, 2.24) is 19.2 Å². The van der Waals surface area contributed by atoms with Crippen LogP contribution in [0.15, 0.2) is 66.2 Å². The first-order chi connectivity index (χ1) is 11.7. The van der Waals surface area contributed by atoms with Crippen molar-refractivity contribution in [1.29, 1.82) is 0 Å². The number of nitrogen functional groups attached to an aromatic ring is 1. The van der Waals surface area contributed by atoms with Gasteiger partial charge in [-0.3, -0.25) is 4.57 Å². The number of para-hydroxylation sites is 2. The molecule has 2 aromatic heterocycles. The van der Waals surface area contributed by atoms with E-state index in [0.717, 1.165) is 28.0 Å². The SMILES string of the molecule is Cc1cn(N=Cc2ccc(-n3cnc4ccccc43)cc2)c(N)n1. The lowest BCUT2D eigenvalue weighted by Crippen LogP contribution is -1.97. The lowest BCUT2D eigenvalue weighted by atomic mass is 10.2. The van der Waals surface area contributed by atoms with Crippen molar-refractivity contribution in [2.24, 2.45) is 5.10 Å². The topological polar surface area (TPSA) is 74.0 Å². The summed E-state index contributed by atoms with van der Waals surface area (Å²) in [4.78, 5) is 8.53. The molecule has 118 valence electrons. The van der Waals surface area contributed by atoms with Gasteiger partial charge in [-0.25, -0.2) is 14.6 Å². The fourth-order valence-electron chi connectivity index (χ4n) is 2.61. The van der Waals surface area contributed by atoms with Gasteiger partial charge in [0.15, 0.2) is 0 Å². The summed E-state index contributed by atoms with van der Waals surface area (Å²) < 4.78 is 3.63. The number of nitrogens with zero attached hydrogens (tertiary/aromatic N) is 5. The van der Waals surface area contributed by atoms with Crippen LogP contribution in [0.25, 0.3) is 16.7 Å². The molecule has 2 heterocycles. The summed E-state index contributed by atoms with van der Waals surface area (Å²) in [5.41, 5.74) is 10.7. The first kappa shape index (κ1) is 14.2. The second-order valence-electron chi connectivity index (χ2n) is 5.52. The molecular weight excluding hydrogens is 300 g/mol. The van der Waals surface area contributed by atoms with Crippen LogP contribution in [-0.2, 0) is 0 Å². The number of fused-ring (bicyclic) bond motifs is 1. The number of nitrogens with two attached hydrogens (primary N) is 1. The van der Waals surface area contributed by atoms with E-state index in [-0.39, 0.29) is 0 Å². The lowest BCUT2D eigenvalue weighted by Gasteiger charge is -2.04. The van der Waals surface area contributed by atoms with Crippen molar-refractivity contribution >= 4 is 23.2 Å². The normalized spacial score (nSPS) is 11.5. The molecule has 0 bridgehead atoms. The summed E-state index contributed by atoms with van der Waals surface area (Å²) in [6, 6.07) is 16.2. The number of hydrogen-bond acceptors (Lipinski definition) is 4. The number of aromatic nitrogens is 4. The Balaban J connectivity index is 1.62. The van der Waals surface area contributed by atoms with Crippen molar-refractivity contribution in [2.75, 3.05) is 5.73 Å². The van der Waals surface area contributed by atoms with Gasteiger partial charge in [-0.1, -0.05) is 24.3 Å². The number of anilines is 1. The molecule has 4 rings (SSSR count). The molecule has 0 radical (unpaired) electrons. The van der Waals surface area contributed by atoms with E-state index in [4.69, 9.17) is 5.73 Å². The fourth-order valence-corrected chi connectivity index (χ4v) is 2.61. The molecule has 0 saturated heterocycles. The maximum atomic E-state index is 5.77. The van der Waals surface area contributed by atoms with Crippen LogP contribution in [0.3, 0.4) is 0 Å². The molecule has 2 N–H and O–H groups in total. The molecule has 0 atom stereocenters. The van der Waals surface area contributed by atoms with Gasteiger partial charge in [0.2, 0.25) is 5.95 Å². The van der Waals surface area contributed by atoms with Gasteiger partial charge in [-0.2, -0.15) is 5.10 Å². The number of rotatable bonds is 3. The minimum Gasteiger partial charge on any atom is -0.368 e. The largest absolute Gasteiger partial charge is 0.368 e. The third-order valence-corrected chi connectivity index (χ3v) is 3.79. The lowest BCUT2D eigenvalue weighted by molar-refractivity contribution is 0.897. The molecule has 0 fully saturated rings. The molecule has 6 nitrogen and oxygen atoms in total. The summed E-state index contributed by atoms with van der Waals surface area (Å²) >= 11 is 0. The Hall–Kier alpha value is -3.41. The molecule has 0 saturated carbocycles.